The number of amides is 2. The number of likely N-dealkylation sites (tertiary alicyclic amines) is 1. The van der Waals surface area contributed by atoms with E-state index in [1.54, 1.807) is 17.8 Å². The van der Waals surface area contributed by atoms with Crippen LogP contribution in [0.2, 0.25) is 0 Å². The van der Waals surface area contributed by atoms with Crippen LogP contribution in [-0.2, 0) is 0 Å². The van der Waals surface area contributed by atoms with Crippen LogP contribution < -0.4 is 5.32 Å². The maximum Gasteiger partial charge on any atom is 0.257 e. The van der Waals surface area contributed by atoms with Crippen LogP contribution in [0, 0.1) is 0 Å². The van der Waals surface area contributed by atoms with Crippen LogP contribution in [0.4, 0.5) is 0 Å². The number of hydrogen-bond donors (Lipinski definition) is 1. The summed E-state index contributed by atoms with van der Waals surface area (Å²) in [6.45, 7) is 5.51. The van der Waals surface area contributed by atoms with Crippen LogP contribution >= 0.6 is 11.8 Å². The van der Waals surface area contributed by atoms with E-state index in [1.807, 2.05) is 29.2 Å². The van der Waals surface area contributed by atoms with Gasteiger partial charge in [-0.05, 0) is 31.0 Å². The zero-order valence-electron chi connectivity index (χ0n) is 15.1. The van der Waals surface area contributed by atoms with E-state index in [2.05, 4.69) is 19.2 Å². The molecule has 1 fully saturated rings. The average Bonchev–Trinajstić information content (AvgIpc) is 3.16. The first-order chi connectivity index (χ1) is 12.5. The second-order valence-corrected chi connectivity index (χ2v) is 8.33. The van der Waals surface area contributed by atoms with Gasteiger partial charge in [-0.15, -0.1) is 11.8 Å². The Balaban J connectivity index is 1.56. The summed E-state index contributed by atoms with van der Waals surface area (Å²) >= 11 is 1.70. The van der Waals surface area contributed by atoms with Crippen LogP contribution in [0.3, 0.4) is 0 Å². The van der Waals surface area contributed by atoms with E-state index in [-0.39, 0.29) is 17.9 Å². The summed E-state index contributed by atoms with van der Waals surface area (Å²) < 4.78 is 4.98. The summed E-state index contributed by atoms with van der Waals surface area (Å²) in [5, 5.41) is 3.55. The van der Waals surface area contributed by atoms with Crippen LogP contribution in [0.15, 0.2) is 52.2 Å². The number of carbonyl (C=O) groups is 2. The molecule has 6 heteroatoms. The smallest absolute Gasteiger partial charge is 0.257 e. The minimum Gasteiger partial charge on any atom is -0.472 e. The highest BCUT2D eigenvalue weighted by Gasteiger charge is 2.25. The molecule has 0 aliphatic carbocycles. The van der Waals surface area contributed by atoms with Crippen molar-refractivity contribution in [2.45, 2.75) is 42.9 Å². The molecule has 0 saturated carbocycles. The van der Waals surface area contributed by atoms with E-state index in [4.69, 9.17) is 4.42 Å². The van der Waals surface area contributed by atoms with E-state index in [1.165, 1.54) is 12.5 Å². The first kappa shape index (κ1) is 18.6. The van der Waals surface area contributed by atoms with Crippen molar-refractivity contribution in [1.29, 1.82) is 0 Å². The third kappa shape index (κ3) is 4.49. The molecule has 1 aromatic heterocycles. The summed E-state index contributed by atoms with van der Waals surface area (Å²) in [6.07, 6.45) is 4.50. The third-order valence-electron chi connectivity index (χ3n) is 4.38. The zero-order valence-corrected chi connectivity index (χ0v) is 15.9. The molecule has 5 nitrogen and oxygen atoms in total. The number of hydrogen-bond acceptors (Lipinski definition) is 4. The van der Waals surface area contributed by atoms with E-state index in [0.29, 0.717) is 23.9 Å². The molecule has 1 aromatic carbocycles. The number of rotatable bonds is 5. The van der Waals surface area contributed by atoms with E-state index in [9.17, 15) is 9.59 Å². The molecule has 0 spiro atoms. The number of benzene rings is 1. The quantitative estimate of drug-likeness (QED) is 0.811. The van der Waals surface area contributed by atoms with Gasteiger partial charge in [0.15, 0.2) is 0 Å². The van der Waals surface area contributed by atoms with Crippen molar-refractivity contribution in [3.8, 4) is 0 Å². The number of furan rings is 1. The minimum atomic E-state index is -0.0339. The molecule has 1 aliphatic rings. The topological polar surface area (TPSA) is 62.6 Å². The second kappa shape index (κ2) is 8.45. The molecule has 2 heterocycles. The molecule has 2 amide bonds. The Morgan fingerprint density at radius 3 is 2.58 bits per heavy atom. The highest BCUT2D eigenvalue weighted by Crippen LogP contribution is 2.26. The van der Waals surface area contributed by atoms with Crippen molar-refractivity contribution in [1.82, 2.24) is 10.2 Å². The standard InChI is InChI=1S/C20H24N2O3S/c1-14(2)26-18-6-4-3-5-17(18)19(23)21-16-7-10-22(11-8-16)20(24)15-9-12-25-13-15/h3-6,9,12-14,16H,7-8,10-11H2,1-2H3,(H,21,23). The van der Waals surface area contributed by atoms with E-state index in [0.717, 1.165) is 23.3 Å². The first-order valence-corrected chi connectivity index (χ1v) is 9.80. The maximum absolute atomic E-state index is 12.7. The Morgan fingerprint density at radius 1 is 1.19 bits per heavy atom. The Labute approximate surface area is 158 Å². The van der Waals surface area contributed by atoms with Crippen LogP contribution in [0.1, 0.15) is 47.4 Å². The van der Waals surface area contributed by atoms with Gasteiger partial charge in [0.2, 0.25) is 0 Å². The van der Waals surface area contributed by atoms with E-state index < -0.39 is 0 Å². The molecule has 0 bridgehead atoms. The van der Waals surface area contributed by atoms with Gasteiger partial charge in [-0.2, -0.15) is 0 Å². The SMILES string of the molecule is CC(C)Sc1ccccc1C(=O)NC1CCN(C(=O)c2ccoc2)CC1. The molecule has 138 valence electrons. The number of thioether (sulfide) groups is 1. The third-order valence-corrected chi connectivity index (χ3v) is 5.46. The summed E-state index contributed by atoms with van der Waals surface area (Å²) in [5.41, 5.74) is 1.30. The van der Waals surface area contributed by atoms with Crippen molar-refractivity contribution in [3.05, 3.63) is 54.0 Å². The Morgan fingerprint density at radius 2 is 1.92 bits per heavy atom. The van der Waals surface area contributed by atoms with Gasteiger partial charge in [-0.1, -0.05) is 26.0 Å². The van der Waals surface area contributed by atoms with Crippen molar-refractivity contribution in [3.63, 3.8) is 0 Å². The summed E-state index contributed by atoms with van der Waals surface area (Å²) in [7, 11) is 0. The number of carbonyl (C=O) groups excluding carboxylic acids is 2. The van der Waals surface area contributed by atoms with Gasteiger partial charge in [0, 0.05) is 29.3 Å². The monoisotopic (exact) mass is 372 g/mol. The van der Waals surface area contributed by atoms with Crippen LogP contribution in [0.5, 0.6) is 0 Å². The summed E-state index contributed by atoms with van der Waals surface area (Å²) in [6, 6.07) is 9.49. The van der Waals surface area contributed by atoms with Gasteiger partial charge < -0.3 is 14.6 Å². The minimum absolute atomic E-state index is 0.0118. The van der Waals surface area contributed by atoms with Crippen molar-refractivity contribution >= 4 is 23.6 Å². The Hall–Kier alpha value is -2.21. The van der Waals surface area contributed by atoms with Gasteiger partial charge in [0.05, 0.1) is 17.4 Å². The lowest BCUT2D eigenvalue weighted by Crippen LogP contribution is -2.46. The Kier molecular flexibility index (Phi) is 6.04. The van der Waals surface area contributed by atoms with Crippen molar-refractivity contribution in [2.75, 3.05) is 13.1 Å². The fraction of sp³-hybridized carbons (Fsp3) is 0.400. The fourth-order valence-corrected chi connectivity index (χ4v) is 4.02. The van der Waals surface area contributed by atoms with Gasteiger partial charge in [0.1, 0.15) is 6.26 Å². The molecule has 3 rings (SSSR count). The van der Waals surface area contributed by atoms with Gasteiger partial charge in [0.25, 0.3) is 11.8 Å². The number of piperidine rings is 1. The molecule has 0 unspecified atom stereocenters. The van der Waals surface area contributed by atoms with Gasteiger partial charge in [-0.25, -0.2) is 0 Å². The van der Waals surface area contributed by atoms with E-state index >= 15 is 0 Å². The summed E-state index contributed by atoms with van der Waals surface area (Å²) in [4.78, 5) is 27.9. The zero-order chi connectivity index (χ0) is 18.5. The predicted molar refractivity (Wildman–Crippen MR) is 103 cm³/mol. The van der Waals surface area contributed by atoms with Gasteiger partial charge >= 0.3 is 0 Å². The Bertz CT molecular complexity index is 750. The highest BCUT2D eigenvalue weighted by molar-refractivity contribution is 8.00. The first-order valence-electron chi connectivity index (χ1n) is 8.92. The number of nitrogens with one attached hydrogen (secondary N) is 1. The van der Waals surface area contributed by atoms with Crippen molar-refractivity contribution < 1.29 is 14.0 Å². The lowest BCUT2D eigenvalue weighted by molar-refractivity contribution is 0.0697. The molecular weight excluding hydrogens is 348 g/mol. The molecule has 1 saturated heterocycles. The molecule has 0 radical (unpaired) electrons. The summed E-state index contributed by atoms with van der Waals surface area (Å²) in [5.74, 6) is -0.0458. The fourth-order valence-electron chi connectivity index (χ4n) is 3.07. The van der Waals surface area contributed by atoms with Crippen LogP contribution in [0.25, 0.3) is 0 Å². The molecule has 1 N–H and O–H groups in total. The molecule has 2 aromatic rings. The highest BCUT2D eigenvalue weighted by atomic mass is 32.2. The predicted octanol–water partition coefficient (Wildman–Crippen LogP) is 3.81. The average molecular weight is 372 g/mol. The van der Waals surface area contributed by atoms with Gasteiger partial charge in [-0.3, -0.25) is 9.59 Å². The molecule has 1 aliphatic heterocycles. The number of nitrogens with zero attached hydrogens (tertiary/aromatic N) is 1. The largest absolute Gasteiger partial charge is 0.472 e. The van der Waals surface area contributed by atoms with Crippen molar-refractivity contribution in [2.24, 2.45) is 0 Å². The maximum atomic E-state index is 12.7. The molecule has 0 atom stereocenters. The van der Waals surface area contributed by atoms with Crippen LogP contribution in [-0.4, -0.2) is 41.1 Å². The normalized spacial score (nSPS) is 15.3. The molecular formula is C20H24N2O3S. The molecule has 26 heavy (non-hydrogen) atoms. The lowest BCUT2D eigenvalue weighted by atomic mass is 10.0. The lowest BCUT2D eigenvalue weighted by Gasteiger charge is -2.32. The second-order valence-electron chi connectivity index (χ2n) is 6.71.